The molecule has 0 saturated heterocycles. The van der Waals surface area contributed by atoms with Crippen molar-refractivity contribution < 1.29 is 0 Å². The number of fused-ring (bicyclic) bond motifs is 6. The predicted molar refractivity (Wildman–Crippen MR) is 319 cm³/mol. The van der Waals surface area contributed by atoms with Crippen LogP contribution in [0.25, 0.3) is 22.3 Å². The van der Waals surface area contributed by atoms with Crippen molar-refractivity contribution in [1.29, 1.82) is 0 Å². The molecule has 1 atom stereocenters. The van der Waals surface area contributed by atoms with Gasteiger partial charge in [0.2, 0.25) is 0 Å². The monoisotopic (exact) mass is 968 g/mol. The van der Waals surface area contributed by atoms with Crippen molar-refractivity contribution in [2.24, 2.45) is 0 Å². The standard InChI is InChI=1S/C71H76BN2/c1-45(2)49-39-63-66-64(40-49)74(60-34-30-52(68(6,7)8)41-55(60)48-25-21-24-47(38-48)46-22-17-15-18-23-46)62-44-59-58(69(9,10)36-37-70(59,11)12)43-57(62)65(72-66)56-42-53(71(13,14)51-26-19-16-20-27-51)31-35-61(56)73(63)54-32-28-50(29-33-54)67(3,4)5/h15-35,38-45,65H,36-37H2,1-14H3. The first-order chi connectivity index (χ1) is 35.0. The van der Waals surface area contributed by atoms with Crippen molar-refractivity contribution in [1.82, 2.24) is 0 Å². The van der Waals surface area contributed by atoms with Crippen LogP contribution < -0.4 is 15.3 Å². The smallest absolute Gasteiger partial charge is 0.172 e. The Hall–Kier alpha value is -6.58. The number of benzene rings is 8. The molecule has 11 rings (SSSR count). The third kappa shape index (κ3) is 8.53. The van der Waals surface area contributed by atoms with Crippen molar-refractivity contribution >= 4 is 46.9 Å². The molecule has 2 nitrogen and oxygen atoms in total. The third-order valence-electron chi connectivity index (χ3n) is 17.4. The van der Waals surface area contributed by atoms with Crippen LogP contribution in [-0.4, -0.2) is 7.28 Å². The Morgan fingerprint density at radius 3 is 1.62 bits per heavy atom. The van der Waals surface area contributed by atoms with Crippen molar-refractivity contribution in [2.45, 2.75) is 149 Å². The highest BCUT2D eigenvalue weighted by Crippen LogP contribution is 2.57. The Kier molecular flexibility index (Phi) is 11.9. The summed E-state index contributed by atoms with van der Waals surface area (Å²) in [6.45, 7) is 33.4. The molecule has 2 aliphatic heterocycles. The van der Waals surface area contributed by atoms with E-state index in [-0.39, 0.29) is 38.8 Å². The SMILES string of the molecule is CC(C)c1cc2c3c(c1)N(c1ccc(C(C)(C)C)cc1-c1cccc(-c4ccccc4)c1)c1cc4c(cc1C([B]3)c1cc(C(C)(C)c3ccccc3)ccc1N2c1ccc(C(C)(C)C)cc1)C(C)(C)CCC4(C)C. The summed E-state index contributed by atoms with van der Waals surface area (Å²) in [7, 11) is 2.67. The van der Waals surface area contributed by atoms with Crippen molar-refractivity contribution in [3.8, 4) is 22.3 Å². The topological polar surface area (TPSA) is 6.48 Å². The molecule has 1 radical (unpaired) electrons. The van der Waals surface area contributed by atoms with Gasteiger partial charge in [-0.1, -0.05) is 212 Å². The average molecular weight is 968 g/mol. The van der Waals surface area contributed by atoms with Gasteiger partial charge in [-0.25, -0.2) is 0 Å². The van der Waals surface area contributed by atoms with Gasteiger partial charge >= 0.3 is 0 Å². The first kappa shape index (κ1) is 49.6. The molecule has 74 heavy (non-hydrogen) atoms. The van der Waals surface area contributed by atoms with Crippen LogP contribution in [0.1, 0.15) is 172 Å². The van der Waals surface area contributed by atoms with E-state index in [9.17, 15) is 0 Å². The summed E-state index contributed by atoms with van der Waals surface area (Å²) in [6, 6.07) is 65.9. The summed E-state index contributed by atoms with van der Waals surface area (Å²) in [5.74, 6) is 0.204. The van der Waals surface area contributed by atoms with Crippen LogP contribution >= 0.6 is 0 Å². The minimum absolute atomic E-state index is 0.00276. The normalized spacial score (nSPS) is 16.7. The van der Waals surface area contributed by atoms with E-state index in [0.717, 1.165) is 12.8 Å². The number of hydrogen-bond acceptors (Lipinski definition) is 2. The largest absolute Gasteiger partial charge is 0.311 e. The van der Waals surface area contributed by atoms with Gasteiger partial charge in [-0.15, -0.1) is 0 Å². The predicted octanol–water partition coefficient (Wildman–Crippen LogP) is 19.1. The molecule has 373 valence electrons. The summed E-state index contributed by atoms with van der Waals surface area (Å²) >= 11 is 0. The van der Waals surface area contributed by atoms with Gasteiger partial charge in [0.25, 0.3) is 0 Å². The van der Waals surface area contributed by atoms with E-state index in [1.165, 1.54) is 112 Å². The minimum Gasteiger partial charge on any atom is -0.311 e. The molecule has 0 fully saturated rings. The van der Waals surface area contributed by atoms with Gasteiger partial charge in [0.05, 0.1) is 5.69 Å². The molecule has 8 aromatic rings. The molecule has 0 N–H and O–H groups in total. The molecule has 2 bridgehead atoms. The van der Waals surface area contributed by atoms with Gasteiger partial charge in [-0.2, -0.15) is 0 Å². The van der Waals surface area contributed by atoms with Crippen LogP contribution in [-0.2, 0) is 27.1 Å². The summed E-state index contributed by atoms with van der Waals surface area (Å²) in [5.41, 5.74) is 25.4. The highest BCUT2D eigenvalue weighted by atomic mass is 15.2. The van der Waals surface area contributed by atoms with Gasteiger partial charge < -0.3 is 9.80 Å². The Balaban J connectivity index is 1.29. The number of hydrogen-bond donors (Lipinski definition) is 0. The van der Waals surface area contributed by atoms with Crippen LogP contribution in [0.3, 0.4) is 0 Å². The lowest BCUT2D eigenvalue weighted by molar-refractivity contribution is 0.331. The van der Waals surface area contributed by atoms with Gasteiger partial charge in [0.15, 0.2) is 7.28 Å². The number of anilines is 6. The molecule has 3 aliphatic rings. The van der Waals surface area contributed by atoms with E-state index in [2.05, 4.69) is 284 Å². The van der Waals surface area contributed by atoms with Gasteiger partial charge in [0.1, 0.15) is 0 Å². The van der Waals surface area contributed by atoms with Crippen LogP contribution in [0.2, 0.25) is 0 Å². The van der Waals surface area contributed by atoms with Gasteiger partial charge in [-0.05, 0) is 173 Å². The molecule has 0 aromatic heterocycles. The van der Waals surface area contributed by atoms with E-state index in [1.807, 2.05) is 0 Å². The van der Waals surface area contributed by atoms with E-state index in [4.69, 9.17) is 0 Å². The fourth-order valence-electron chi connectivity index (χ4n) is 12.3. The number of nitrogens with zero attached hydrogens (tertiary/aromatic N) is 2. The quantitative estimate of drug-likeness (QED) is 0.147. The number of rotatable bonds is 7. The Labute approximate surface area is 445 Å². The fourth-order valence-corrected chi connectivity index (χ4v) is 12.3. The summed E-state index contributed by atoms with van der Waals surface area (Å²) in [6.07, 6.45) is 2.29. The summed E-state index contributed by atoms with van der Waals surface area (Å²) in [4.78, 5) is 5.33. The maximum absolute atomic E-state index is 2.72. The summed E-state index contributed by atoms with van der Waals surface area (Å²) < 4.78 is 0. The summed E-state index contributed by atoms with van der Waals surface area (Å²) in [5, 5.41) is 0. The fraction of sp³-hybridized carbons (Fsp3) is 0.324. The molecule has 0 saturated carbocycles. The Morgan fingerprint density at radius 2 is 0.986 bits per heavy atom. The first-order valence-electron chi connectivity index (χ1n) is 27.4. The maximum Gasteiger partial charge on any atom is 0.172 e. The second-order valence-corrected chi connectivity index (χ2v) is 26.2. The minimum atomic E-state index is -0.246. The Morgan fingerprint density at radius 1 is 0.446 bits per heavy atom. The third-order valence-corrected chi connectivity index (χ3v) is 17.4. The molecule has 1 aliphatic carbocycles. The van der Waals surface area contributed by atoms with Crippen molar-refractivity contribution in [2.75, 3.05) is 9.80 Å². The molecule has 2 heterocycles. The average Bonchev–Trinajstić information content (AvgIpc) is 3.62. The molecule has 0 spiro atoms. The van der Waals surface area contributed by atoms with Gasteiger partial charge in [-0.3, -0.25) is 0 Å². The zero-order valence-corrected chi connectivity index (χ0v) is 46.7. The molecule has 1 unspecified atom stereocenters. The van der Waals surface area contributed by atoms with Crippen LogP contribution in [0, 0.1) is 0 Å². The zero-order chi connectivity index (χ0) is 52.3. The van der Waals surface area contributed by atoms with Crippen LogP contribution in [0.5, 0.6) is 0 Å². The lowest BCUT2D eigenvalue weighted by Gasteiger charge is -2.44. The molecule has 3 heteroatoms. The highest BCUT2D eigenvalue weighted by molar-refractivity contribution is 6.61. The van der Waals surface area contributed by atoms with Crippen LogP contribution in [0.4, 0.5) is 34.1 Å². The van der Waals surface area contributed by atoms with Crippen molar-refractivity contribution in [3.63, 3.8) is 0 Å². The second kappa shape index (κ2) is 17.8. The highest BCUT2D eigenvalue weighted by Gasteiger charge is 2.44. The molecule has 8 aromatic carbocycles. The van der Waals surface area contributed by atoms with E-state index in [1.54, 1.807) is 0 Å². The van der Waals surface area contributed by atoms with Gasteiger partial charge in [0, 0.05) is 39.4 Å². The second-order valence-electron chi connectivity index (χ2n) is 26.2. The van der Waals surface area contributed by atoms with Crippen LogP contribution in [0.15, 0.2) is 170 Å². The Bertz CT molecular complexity index is 3430. The molecular weight excluding hydrogens is 892 g/mol. The van der Waals surface area contributed by atoms with E-state index < -0.39 is 0 Å². The molecule has 0 amide bonds. The van der Waals surface area contributed by atoms with E-state index in [0.29, 0.717) is 0 Å². The molecular formula is C71H76BN2. The lowest BCUT2D eigenvalue weighted by atomic mass is 9.53. The maximum atomic E-state index is 2.72. The lowest BCUT2D eigenvalue weighted by Crippen LogP contribution is -2.34. The van der Waals surface area contributed by atoms with E-state index >= 15 is 0 Å². The van der Waals surface area contributed by atoms with Crippen molar-refractivity contribution in [3.05, 3.63) is 220 Å². The first-order valence-corrected chi connectivity index (χ1v) is 27.4. The zero-order valence-electron chi connectivity index (χ0n) is 46.7.